The number of rotatable bonds is 9. The highest BCUT2D eigenvalue weighted by Crippen LogP contribution is 2.28. The Balaban J connectivity index is 1.64. The van der Waals surface area contributed by atoms with Crippen molar-refractivity contribution in [1.82, 2.24) is 10.9 Å². The number of hydrogen-bond acceptors (Lipinski definition) is 5. The van der Waals surface area contributed by atoms with Gasteiger partial charge < -0.3 is 14.2 Å². The van der Waals surface area contributed by atoms with Gasteiger partial charge in [-0.15, -0.1) is 0 Å². The molecule has 0 bridgehead atoms. The third kappa shape index (κ3) is 7.71. The molecule has 0 fully saturated rings. The van der Waals surface area contributed by atoms with E-state index in [4.69, 9.17) is 37.4 Å². The Kier molecular flexibility index (Phi) is 8.89. The van der Waals surface area contributed by atoms with Crippen molar-refractivity contribution >= 4 is 35.0 Å². The predicted octanol–water partition coefficient (Wildman–Crippen LogP) is 3.70. The Bertz CT molecular complexity index is 861. The van der Waals surface area contributed by atoms with Gasteiger partial charge in [-0.05, 0) is 49.2 Å². The van der Waals surface area contributed by atoms with Gasteiger partial charge in [0.05, 0.1) is 18.7 Å². The smallest absolute Gasteiger partial charge is 0.276 e. The van der Waals surface area contributed by atoms with E-state index in [-0.39, 0.29) is 18.9 Å². The van der Waals surface area contributed by atoms with Gasteiger partial charge in [0.25, 0.3) is 5.91 Å². The molecule has 0 heterocycles. The predicted molar refractivity (Wildman–Crippen MR) is 111 cm³/mol. The molecule has 2 N–H and O–H groups in total. The molecule has 0 saturated carbocycles. The van der Waals surface area contributed by atoms with Gasteiger partial charge in [-0.3, -0.25) is 20.4 Å². The molecule has 0 aliphatic heterocycles. The number of ether oxygens (including phenoxy) is 3. The summed E-state index contributed by atoms with van der Waals surface area (Å²) >= 11 is 11.8. The summed E-state index contributed by atoms with van der Waals surface area (Å²) < 4.78 is 16.1. The summed E-state index contributed by atoms with van der Waals surface area (Å²) in [6.07, 6.45) is 0.607. The monoisotopic (exact) mass is 440 g/mol. The van der Waals surface area contributed by atoms with Crippen LogP contribution in [0.2, 0.25) is 10.0 Å². The summed E-state index contributed by atoms with van der Waals surface area (Å²) in [6, 6.07) is 10.3. The summed E-state index contributed by atoms with van der Waals surface area (Å²) in [5.41, 5.74) is 5.63. The second kappa shape index (κ2) is 11.4. The summed E-state index contributed by atoms with van der Waals surface area (Å²) in [6.45, 7) is 1.95. The highest BCUT2D eigenvalue weighted by molar-refractivity contribution is 6.35. The second-order valence-electron chi connectivity index (χ2n) is 6.07. The van der Waals surface area contributed by atoms with E-state index < -0.39 is 5.91 Å². The number of methoxy groups -OCH3 is 1. The third-order valence-corrected chi connectivity index (χ3v) is 4.25. The van der Waals surface area contributed by atoms with Crippen LogP contribution in [-0.2, 0) is 9.59 Å². The van der Waals surface area contributed by atoms with Crippen LogP contribution in [0.25, 0.3) is 0 Å². The number of carbonyl (C=O) groups is 2. The fourth-order valence-corrected chi connectivity index (χ4v) is 2.75. The topological polar surface area (TPSA) is 85.9 Å². The molecule has 0 radical (unpaired) electrons. The number of halogens is 2. The average Bonchev–Trinajstić information content (AvgIpc) is 2.69. The minimum absolute atomic E-state index is 0.165. The zero-order valence-electron chi connectivity index (χ0n) is 16.1. The zero-order valence-corrected chi connectivity index (χ0v) is 17.6. The lowest BCUT2D eigenvalue weighted by Crippen LogP contribution is -2.43. The van der Waals surface area contributed by atoms with Crippen molar-refractivity contribution in [1.29, 1.82) is 0 Å². The number of carbonyl (C=O) groups excluding carboxylic acids is 2. The van der Waals surface area contributed by atoms with Gasteiger partial charge in [0.15, 0.2) is 18.1 Å². The second-order valence-corrected chi connectivity index (χ2v) is 6.91. The van der Waals surface area contributed by atoms with Crippen molar-refractivity contribution in [2.75, 3.05) is 20.3 Å². The molecule has 156 valence electrons. The average molecular weight is 441 g/mol. The highest BCUT2D eigenvalue weighted by atomic mass is 35.5. The van der Waals surface area contributed by atoms with Crippen molar-refractivity contribution in [3.63, 3.8) is 0 Å². The molecular weight excluding hydrogens is 419 g/mol. The molecule has 2 aromatic rings. The normalized spacial score (nSPS) is 10.2. The van der Waals surface area contributed by atoms with E-state index in [9.17, 15) is 9.59 Å². The van der Waals surface area contributed by atoms with Gasteiger partial charge >= 0.3 is 0 Å². The molecule has 29 heavy (non-hydrogen) atoms. The molecule has 0 aliphatic carbocycles. The zero-order chi connectivity index (χ0) is 21.2. The van der Waals surface area contributed by atoms with Crippen LogP contribution >= 0.6 is 23.2 Å². The third-order valence-electron chi connectivity index (χ3n) is 3.72. The summed E-state index contributed by atoms with van der Waals surface area (Å²) in [4.78, 5) is 23.6. The SMILES string of the molecule is COc1cc(C)ccc1OCC(=O)NNC(=O)CCCOc1ccc(Cl)cc1Cl. The Morgan fingerprint density at radius 3 is 2.38 bits per heavy atom. The number of amides is 2. The van der Waals surface area contributed by atoms with Crippen molar-refractivity contribution in [2.24, 2.45) is 0 Å². The van der Waals surface area contributed by atoms with E-state index in [1.54, 1.807) is 30.3 Å². The van der Waals surface area contributed by atoms with Gasteiger partial charge in [-0.2, -0.15) is 0 Å². The van der Waals surface area contributed by atoms with Crippen LogP contribution in [0, 0.1) is 6.92 Å². The maximum absolute atomic E-state index is 11.8. The van der Waals surface area contributed by atoms with E-state index >= 15 is 0 Å². The fourth-order valence-electron chi connectivity index (χ4n) is 2.28. The molecule has 0 saturated heterocycles. The standard InChI is InChI=1S/C20H22Cl2N2O5/c1-13-5-7-17(18(10-13)27-2)29-12-20(26)24-23-19(25)4-3-9-28-16-8-6-14(21)11-15(16)22/h5-8,10-11H,3-4,9,12H2,1-2H3,(H,23,25)(H,24,26). The number of hydrazine groups is 1. The minimum Gasteiger partial charge on any atom is -0.493 e. The molecule has 7 nitrogen and oxygen atoms in total. The molecule has 2 amide bonds. The molecule has 9 heteroatoms. The quantitative estimate of drug-likeness (QED) is 0.458. The van der Waals surface area contributed by atoms with Crippen LogP contribution in [0.1, 0.15) is 18.4 Å². The first-order valence-corrected chi connectivity index (χ1v) is 9.57. The molecule has 0 aromatic heterocycles. The Hall–Kier alpha value is -2.64. The molecule has 2 aromatic carbocycles. The Morgan fingerprint density at radius 2 is 1.66 bits per heavy atom. The van der Waals surface area contributed by atoms with Crippen LogP contribution in [0.3, 0.4) is 0 Å². The van der Waals surface area contributed by atoms with E-state index in [2.05, 4.69) is 10.9 Å². The van der Waals surface area contributed by atoms with Crippen LogP contribution in [-0.4, -0.2) is 32.1 Å². The molecule has 0 unspecified atom stereocenters. The Labute approximate surface area is 179 Å². The van der Waals surface area contributed by atoms with Crippen LogP contribution in [0.4, 0.5) is 0 Å². The first-order chi connectivity index (χ1) is 13.9. The number of benzene rings is 2. The minimum atomic E-state index is -0.495. The lowest BCUT2D eigenvalue weighted by molar-refractivity contribution is -0.130. The largest absolute Gasteiger partial charge is 0.493 e. The lowest BCUT2D eigenvalue weighted by Gasteiger charge is -2.12. The van der Waals surface area contributed by atoms with Gasteiger partial charge in [-0.1, -0.05) is 29.3 Å². The number of hydrogen-bond donors (Lipinski definition) is 2. The first kappa shape index (κ1) is 22.6. The van der Waals surface area contributed by atoms with Gasteiger partial charge in [-0.25, -0.2) is 0 Å². The summed E-state index contributed by atoms with van der Waals surface area (Å²) in [5, 5.41) is 0.918. The first-order valence-electron chi connectivity index (χ1n) is 8.82. The van der Waals surface area contributed by atoms with Crippen LogP contribution < -0.4 is 25.1 Å². The van der Waals surface area contributed by atoms with Gasteiger partial charge in [0, 0.05) is 11.4 Å². The summed E-state index contributed by atoms with van der Waals surface area (Å²) in [7, 11) is 1.52. The van der Waals surface area contributed by atoms with E-state index in [0.717, 1.165) is 5.56 Å². The highest BCUT2D eigenvalue weighted by Gasteiger charge is 2.09. The molecule has 0 spiro atoms. The molecular formula is C20H22Cl2N2O5. The van der Waals surface area contributed by atoms with Crippen molar-refractivity contribution < 1.29 is 23.8 Å². The van der Waals surface area contributed by atoms with E-state index in [0.29, 0.717) is 40.3 Å². The van der Waals surface area contributed by atoms with Crippen molar-refractivity contribution in [3.8, 4) is 17.2 Å². The summed E-state index contributed by atoms with van der Waals surface area (Å²) in [5.74, 6) is 0.621. The maximum Gasteiger partial charge on any atom is 0.276 e. The fraction of sp³-hybridized carbons (Fsp3) is 0.300. The van der Waals surface area contributed by atoms with Crippen molar-refractivity contribution in [2.45, 2.75) is 19.8 Å². The Morgan fingerprint density at radius 1 is 0.931 bits per heavy atom. The number of nitrogens with one attached hydrogen (secondary N) is 2. The molecule has 0 aliphatic rings. The molecule has 0 atom stereocenters. The lowest BCUT2D eigenvalue weighted by atomic mass is 10.2. The van der Waals surface area contributed by atoms with Crippen LogP contribution in [0.15, 0.2) is 36.4 Å². The maximum atomic E-state index is 11.8. The van der Waals surface area contributed by atoms with Gasteiger partial charge in [0.1, 0.15) is 5.75 Å². The van der Waals surface area contributed by atoms with E-state index in [1.165, 1.54) is 7.11 Å². The van der Waals surface area contributed by atoms with E-state index in [1.807, 2.05) is 13.0 Å². The van der Waals surface area contributed by atoms with Gasteiger partial charge in [0.2, 0.25) is 5.91 Å². The van der Waals surface area contributed by atoms with Crippen molar-refractivity contribution in [3.05, 3.63) is 52.0 Å². The van der Waals surface area contributed by atoms with Crippen LogP contribution in [0.5, 0.6) is 17.2 Å². The molecule has 2 rings (SSSR count). The number of aryl methyl sites for hydroxylation is 1.